The van der Waals surface area contributed by atoms with Gasteiger partial charge in [0.25, 0.3) is 0 Å². The van der Waals surface area contributed by atoms with Crippen molar-refractivity contribution in [3.63, 3.8) is 0 Å². The number of rotatable bonds is 2. The molecule has 0 atom stereocenters. The van der Waals surface area contributed by atoms with Crippen LogP contribution in [-0.2, 0) is 0 Å². The zero-order valence-corrected chi connectivity index (χ0v) is 10.00. The zero-order valence-electron chi connectivity index (χ0n) is 9.18. The molecular weight excluding hydrogens is 228 g/mol. The van der Waals surface area contributed by atoms with Crippen LogP contribution in [0.4, 0.5) is 5.69 Å². The third-order valence-corrected chi connectivity index (χ3v) is 3.76. The highest BCUT2D eigenvalue weighted by atomic mass is 32.2. The number of benzene rings is 2. The minimum absolute atomic E-state index is 0.818. The molecule has 17 heavy (non-hydrogen) atoms. The molecule has 1 aromatic heterocycles. The first-order valence-corrected chi connectivity index (χ1v) is 6.25. The van der Waals surface area contributed by atoms with Crippen molar-refractivity contribution in [3.8, 4) is 0 Å². The zero-order chi connectivity index (χ0) is 11.7. The SMILES string of the molecule is Nc1ccc(Sc2ccccc2)c2[nH]ccc12. The maximum Gasteiger partial charge on any atom is 0.0616 e. The van der Waals surface area contributed by atoms with Gasteiger partial charge in [0.1, 0.15) is 0 Å². The molecular formula is C14H12N2S. The summed E-state index contributed by atoms with van der Waals surface area (Å²) in [5, 5.41) is 1.09. The van der Waals surface area contributed by atoms with Gasteiger partial charge in [0, 0.05) is 27.1 Å². The van der Waals surface area contributed by atoms with Gasteiger partial charge >= 0.3 is 0 Å². The van der Waals surface area contributed by atoms with E-state index in [1.165, 1.54) is 9.79 Å². The fraction of sp³-hybridized carbons (Fsp3) is 0. The smallest absolute Gasteiger partial charge is 0.0616 e. The Morgan fingerprint density at radius 3 is 2.59 bits per heavy atom. The van der Waals surface area contributed by atoms with E-state index in [-0.39, 0.29) is 0 Å². The van der Waals surface area contributed by atoms with Crippen LogP contribution in [0.15, 0.2) is 64.5 Å². The third kappa shape index (κ3) is 1.89. The topological polar surface area (TPSA) is 41.8 Å². The average Bonchev–Trinajstić information content (AvgIpc) is 2.84. The Balaban J connectivity index is 2.07. The summed E-state index contributed by atoms with van der Waals surface area (Å²) in [5.41, 5.74) is 7.86. The fourth-order valence-corrected chi connectivity index (χ4v) is 2.81. The van der Waals surface area contributed by atoms with E-state index in [1.807, 2.05) is 36.5 Å². The number of nitrogen functional groups attached to an aromatic ring is 1. The molecule has 0 radical (unpaired) electrons. The van der Waals surface area contributed by atoms with Crippen LogP contribution in [0.2, 0.25) is 0 Å². The maximum atomic E-state index is 5.93. The monoisotopic (exact) mass is 240 g/mol. The Kier molecular flexibility index (Phi) is 2.53. The number of nitrogens with two attached hydrogens (primary N) is 1. The quantitative estimate of drug-likeness (QED) is 0.667. The van der Waals surface area contributed by atoms with E-state index in [1.54, 1.807) is 11.8 Å². The van der Waals surface area contributed by atoms with E-state index >= 15 is 0 Å². The second kappa shape index (κ2) is 4.18. The molecule has 0 bridgehead atoms. The van der Waals surface area contributed by atoms with E-state index in [2.05, 4.69) is 23.2 Å². The van der Waals surface area contributed by atoms with Gasteiger partial charge in [-0.05, 0) is 30.3 Å². The van der Waals surface area contributed by atoms with Crippen molar-refractivity contribution in [2.75, 3.05) is 5.73 Å². The Morgan fingerprint density at radius 2 is 1.76 bits per heavy atom. The summed E-state index contributed by atoms with van der Waals surface area (Å²) in [7, 11) is 0. The molecule has 0 unspecified atom stereocenters. The Morgan fingerprint density at radius 1 is 0.941 bits per heavy atom. The van der Waals surface area contributed by atoms with Crippen LogP contribution < -0.4 is 5.73 Å². The normalized spacial score (nSPS) is 10.8. The summed E-state index contributed by atoms with van der Waals surface area (Å²) >= 11 is 1.74. The van der Waals surface area contributed by atoms with Gasteiger partial charge in [0.05, 0.1) is 5.52 Å². The minimum Gasteiger partial charge on any atom is -0.398 e. The molecule has 0 saturated carbocycles. The molecule has 1 heterocycles. The standard InChI is InChI=1S/C14H12N2S/c15-12-6-7-13(14-11(12)8-9-16-14)17-10-4-2-1-3-5-10/h1-9,16H,15H2. The van der Waals surface area contributed by atoms with Crippen LogP contribution in [0.3, 0.4) is 0 Å². The van der Waals surface area contributed by atoms with Crippen LogP contribution in [0.25, 0.3) is 10.9 Å². The molecule has 0 aliphatic rings. The second-order valence-corrected chi connectivity index (χ2v) is 4.95. The van der Waals surface area contributed by atoms with Gasteiger partial charge in [-0.1, -0.05) is 30.0 Å². The van der Waals surface area contributed by atoms with Crippen molar-refractivity contribution < 1.29 is 0 Å². The van der Waals surface area contributed by atoms with Crippen LogP contribution in [0.1, 0.15) is 0 Å². The first-order chi connectivity index (χ1) is 8.34. The molecule has 0 saturated heterocycles. The summed E-state index contributed by atoms with van der Waals surface area (Å²) in [6.07, 6.45) is 1.93. The molecule has 2 aromatic carbocycles. The van der Waals surface area contributed by atoms with Gasteiger partial charge in [0.15, 0.2) is 0 Å². The lowest BCUT2D eigenvalue weighted by Crippen LogP contribution is -1.86. The molecule has 0 fully saturated rings. The van der Waals surface area contributed by atoms with Crippen LogP contribution in [-0.4, -0.2) is 4.98 Å². The van der Waals surface area contributed by atoms with E-state index < -0.39 is 0 Å². The maximum absolute atomic E-state index is 5.93. The molecule has 2 nitrogen and oxygen atoms in total. The number of H-pyrrole nitrogens is 1. The number of fused-ring (bicyclic) bond motifs is 1. The van der Waals surface area contributed by atoms with Gasteiger partial charge < -0.3 is 10.7 Å². The molecule has 3 rings (SSSR count). The highest BCUT2D eigenvalue weighted by molar-refractivity contribution is 7.99. The lowest BCUT2D eigenvalue weighted by molar-refractivity contribution is 1.38. The van der Waals surface area contributed by atoms with Gasteiger partial charge in [0.2, 0.25) is 0 Å². The molecule has 0 spiro atoms. The Bertz CT molecular complexity index is 644. The lowest BCUT2D eigenvalue weighted by atomic mass is 10.2. The molecule has 0 aliphatic heterocycles. The number of anilines is 1. The molecule has 0 amide bonds. The molecule has 84 valence electrons. The summed E-state index contributed by atoms with van der Waals surface area (Å²) < 4.78 is 0. The summed E-state index contributed by atoms with van der Waals surface area (Å²) in [5.74, 6) is 0. The summed E-state index contributed by atoms with van der Waals surface area (Å²) in [6, 6.07) is 16.4. The predicted octanol–water partition coefficient (Wildman–Crippen LogP) is 3.90. The van der Waals surface area contributed by atoms with E-state index in [0.717, 1.165) is 16.6 Å². The summed E-state index contributed by atoms with van der Waals surface area (Å²) in [4.78, 5) is 5.68. The van der Waals surface area contributed by atoms with E-state index in [9.17, 15) is 0 Å². The van der Waals surface area contributed by atoms with Crippen molar-refractivity contribution in [2.24, 2.45) is 0 Å². The van der Waals surface area contributed by atoms with Crippen molar-refractivity contribution in [1.29, 1.82) is 0 Å². The first-order valence-electron chi connectivity index (χ1n) is 5.43. The minimum atomic E-state index is 0.818. The highest BCUT2D eigenvalue weighted by Crippen LogP contribution is 2.34. The van der Waals surface area contributed by atoms with Gasteiger partial charge in [-0.3, -0.25) is 0 Å². The number of aromatic nitrogens is 1. The van der Waals surface area contributed by atoms with Crippen LogP contribution >= 0.6 is 11.8 Å². The molecule has 3 heteroatoms. The average molecular weight is 240 g/mol. The van der Waals surface area contributed by atoms with E-state index in [0.29, 0.717) is 0 Å². The van der Waals surface area contributed by atoms with Gasteiger partial charge in [-0.15, -0.1) is 0 Å². The number of nitrogens with one attached hydrogen (secondary N) is 1. The number of hydrogen-bond acceptors (Lipinski definition) is 2. The summed E-state index contributed by atoms with van der Waals surface area (Å²) in [6.45, 7) is 0. The fourth-order valence-electron chi connectivity index (χ4n) is 1.85. The second-order valence-electron chi connectivity index (χ2n) is 3.83. The van der Waals surface area contributed by atoms with Crippen molar-refractivity contribution >= 4 is 28.4 Å². The first kappa shape index (κ1) is 10.3. The van der Waals surface area contributed by atoms with Crippen LogP contribution in [0, 0.1) is 0 Å². The Labute approximate surface area is 104 Å². The Hall–Kier alpha value is -1.87. The molecule has 3 aromatic rings. The number of hydrogen-bond donors (Lipinski definition) is 2. The van der Waals surface area contributed by atoms with Crippen molar-refractivity contribution in [3.05, 3.63) is 54.7 Å². The lowest BCUT2D eigenvalue weighted by Gasteiger charge is -2.05. The molecule has 0 aliphatic carbocycles. The van der Waals surface area contributed by atoms with E-state index in [4.69, 9.17) is 5.73 Å². The van der Waals surface area contributed by atoms with Gasteiger partial charge in [-0.25, -0.2) is 0 Å². The van der Waals surface area contributed by atoms with Crippen LogP contribution in [0.5, 0.6) is 0 Å². The largest absolute Gasteiger partial charge is 0.398 e. The van der Waals surface area contributed by atoms with Crippen molar-refractivity contribution in [2.45, 2.75) is 9.79 Å². The van der Waals surface area contributed by atoms with Crippen molar-refractivity contribution in [1.82, 2.24) is 4.98 Å². The predicted molar refractivity (Wildman–Crippen MR) is 73.3 cm³/mol. The van der Waals surface area contributed by atoms with Gasteiger partial charge in [-0.2, -0.15) is 0 Å². The highest BCUT2D eigenvalue weighted by Gasteiger charge is 2.06. The molecule has 3 N–H and O–H groups in total. The third-order valence-electron chi connectivity index (χ3n) is 2.69. The number of aromatic amines is 1.